The Balaban J connectivity index is 2.33. The standard InChI is InChI=1S/C14H18N2O4/c1-10-4-5-12(16(19)20)11(8-10)15-14(9-13(17)18)6-2-3-7-14/h4-5,8,15H,2-3,6-7,9H2,1H3,(H,17,18). The molecule has 0 atom stereocenters. The van der Waals surface area contributed by atoms with E-state index >= 15 is 0 Å². The van der Waals surface area contributed by atoms with Crippen LogP contribution in [-0.4, -0.2) is 21.5 Å². The van der Waals surface area contributed by atoms with Gasteiger partial charge in [0.1, 0.15) is 5.69 Å². The summed E-state index contributed by atoms with van der Waals surface area (Å²) in [5.74, 6) is -0.880. The van der Waals surface area contributed by atoms with Crippen LogP contribution in [0.15, 0.2) is 18.2 Å². The SMILES string of the molecule is Cc1ccc([N+](=O)[O-])c(NC2(CC(=O)O)CCCC2)c1. The highest BCUT2D eigenvalue weighted by Gasteiger charge is 2.37. The zero-order valence-electron chi connectivity index (χ0n) is 11.4. The number of carboxylic acids is 1. The molecule has 0 aliphatic heterocycles. The van der Waals surface area contributed by atoms with Crippen LogP contribution in [0.5, 0.6) is 0 Å². The number of carbonyl (C=O) groups is 1. The van der Waals surface area contributed by atoms with Gasteiger partial charge in [-0.15, -0.1) is 0 Å². The number of anilines is 1. The molecule has 1 aromatic carbocycles. The third-order valence-electron chi connectivity index (χ3n) is 3.80. The van der Waals surface area contributed by atoms with Crippen LogP contribution in [0.25, 0.3) is 0 Å². The Kier molecular flexibility index (Phi) is 3.92. The van der Waals surface area contributed by atoms with E-state index in [0.29, 0.717) is 5.69 Å². The third-order valence-corrected chi connectivity index (χ3v) is 3.80. The highest BCUT2D eigenvalue weighted by Crippen LogP contribution is 2.38. The second-order valence-electron chi connectivity index (χ2n) is 5.46. The van der Waals surface area contributed by atoms with Crippen LogP contribution >= 0.6 is 0 Å². The van der Waals surface area contributed by atoms with Crippen molar-refractivity contribution < 1.29 is 14.8 Å². The quantitative estimate of drug-likeness (QED) is 0.637. The molecule has 6 heteroatoms. The Bertz CT molecular complexity index is 536. The van der Waals surface area contributed by atoms with Crippen LogP contribution in [0, 0.1) is 17.0 Å². The highest BCUT2D eigenvalue weighted by atomic mass is 16.6. The Labute approximate surface area is 117 Å². The van der Waals surface area contributed by atoms with Gasteiger partial charge in [-0.1, -0.05) is 18.9 Å². The van der Waals surface area contributed by atoms with Gasteiger partial charge >= 0.3 is 5.97 Å². The molecule has 1 aromatic rings. The number of aliphatic carboxylic acids is 1. The summed E-state index contributed by atoms with van der Waals surface area (Å²) in [5.41, 5.74) is 0.747. The fourth-order valence-corrected chi connectivity index (χ4v) is 2.88. The molecule has 0 heterocycles. The topological polar surface area (TPSA) is 92.5 Å². The second kappa shape index (κ2) is 5.48. The zero-order chi connectivity index (χ0) is 14.8. The molecule has 0 aromatic heterocycles. The molecule has 2 N–H and O–H groups in total. The van der Waals surface area contributed by atoms with Gasteiger partial charge in [-0.3, -0.25) is 14.9 Å². The maximum absolute atomic E-state index is 11.1. The molecule has 6 nitrogen and oxygen atoms in total. The molecule has 1 fully saturated rings. The number of rotatable bonds is 5. The van der Waals surface area contributed by atoms with E-state index in [1.165, 1.54) is 6.07 Å². The first-order valence-corrected chi connectivity index (χ1v) is 6.67. The van der Waals surface area contributed by atoms with Crippen molar-refractivity contribution in [1.29, 1.82) is 0 Å². The minimum Gasteiger partial charge on any atom is -0.481 e. The molecule has 0 bridgehead atoms. The molecule has 0 saturated heterocycles. The van der Waals surface area contributed by atoms with E-state index in [0.717, 1.165) is 31.2 Å². The zero-order valence-corrected chi connectivity index (χ0v) is 11.4. The van der Waals surface area contributed by atoms with Crippen LogP contribution in [0.4, 0.5) is 11.4 Å². The molecule has 0 amide bonds. The summed E-state index contributed by atoms with van der Waals surface area (Å²) >= 11 is 0. The summed E-state index contributed by atoms with van der Waals surface area (Å²) in [6.45, 7) is 1.85. The van der Waals surface area contributed by atoms with Crippen molar-refractivity contribution in [1.82, 2.24) is 0 Å². The predicted molar refractivity (Wildman–Crippen MR) is 74.9 cm³/mol. The fourth-order valence-electron chi connectivity index (χ4n) is 2.88. The van der Waals surface area contributed by atoms with Crippen LogP contribution in [0.2, 0.25) is 0 Å². The number of nitrogens with one attached hydrogen (secondary N) is 1. The third kappa shape index (κ3) is 3.07. The van der Waals surface area contributed by atoms with Crippen molar-refractivity contribution in [2.45, 2.75) is 44.6 Å². The van der Waals surface area contributed by atoms with Crippen LogP contribution in [0.3, 0.4) is 0 Å². The Hall–Kier alpha value is -2.11. The molecule has 108 valence electrons. The smallest absolute Gasteiger partial charge is 0.305 e. The molecule has 1 aliphatic carbocycles. The number of nitrogens with zero attached hydrogens (tertiary/aromatic N) is 1. The lowest BCUT2D eigenvalue weighted by Gasteiger charge is -2.29. The van der Waals surface area contributed by atoms with E-state index in [1.807, 2.05) is 6.92 Å². The highest BCUT2D eigenvalue weighted by molar-refractivity contribution is 5.71. The molecular weight excluding hydrogens is 260 g/mol. The van der Waals surface area contributed by atoms with Gasteiger partial charge in [-0.25, -0.2) is 0 Å². The van der Waals surface area contributed by atoms with Crippen molar-refractivity contribution >= 4 is 17.3 Å². The normalized spacial score (nSPS) is 16.9. The minimum absolute atomic E-state index is 0.00716. The summed E-state index contributed by atoms with van der Waals surface area (Å²) in [4.78, 5) is 21.7. The lowest BCUT2D eigenvalue weighted by atomic mass is 9.92. The van der Waals surface area contributed by atoms with Gasteiger partial charge in [0.2, 0.25) is 0 Å². The number of nitro groups is 1. The molecule has 2 rings (SSSR count). The van der Waals surface area contributed by atoms with E-state index in [2.05, 4.69) is 5.32 Å². The summed E-state index contributed by atoms with van der Waals surface area (Å²) in [5, 5.41) is 23.3. The van der Waals surface area contributed by atoms with E-state index in [-0.39, 0.29) is 12.1 Å². The van der Waals surface area contributed by atoms with Gasteiger partial charge in [-0.05, 0) is 31.4 Å². The number of hydrogen-bond acceptors (Lipinski definition) is 4. The number of nitro benzene ring substituents is 1. The molecule has 20 heavy (non-hydrogen) atoms. The van der Waals surface area contributed by atoms with Crippen molar-refractivity contribution in [3.8, 4) is 0 Å². The number of aryl methyl sites for hydroxylation is 1. The van der Waals surface area contributed by atoms with Crippen LogP contribution in [-0.2, 0) is 4.79 Å². The number of carboxylic acid groups (broad SMARTS) is 1. The Morgan fingerprint density at radius 1 is 1.45 bits per heavy atom. The maximum atomic E-state index is 11.1. The summed E-state index contributed by atoms with van der Waals surface area (Å²) in [6, 6.07) is 4.85. The van der Waals surface area contributed by atoms with Gasteiger partial charge in [0.05, 0.1) is 11.3 Å². The monoisotopic (exact) mass is 278 g/mol. The van der Waals surface area contributed by atoms with Crippen molar-refractivity contribution in [3.63, 3.8) is 0 Å². The molecule has 0 spiro atoms. The minimum atomic E-state index is -0.880. The van der Waals surface area contributed by atoms with Crippen molar-refractivity contribution in [3.05, 3.63) is 33.9 Å². The molecular formula is C14H18N2O4. The fraction of sp³-hybridized carbons (Fsp3) is 0.500. The van der Waals surface area contributed by atoms with Gasteiger partial charge in [0.25, 0.3) is 5.69 Å². The summed E-state index contributed by atoms with van der Waals surface area (Å²) < 4.78 is 0. The van der Waals surface area contributed by atoms with Crippen molar-refractivity contribution in [2.24, 2.45) is 0 Å². The van der Waals surface area contributed by atoms with Gasteiger partial charge < -0.3 is 10.4 Å². The molecule has 1 aliphatic rings. The Morgan fingerprint density at radius 2 is 2.10 bits per heavy atom. The van der Waals surface area contributed by atoms with Crippen LogP contribution < -0.4 is 5.32 Å². The summed E-state index contributed by atoms with van der Waals surface area (Å²) in [7, 11) is 0. The average Bonchev–Trinajstić information content (AvgIpc) is 2.75. The largest absolute Gasteiger partial charge is 0.481 e. The lowest BCUT2D eigenvalue weighted by molar-refractivity contribution is -0.384. The first kappa shape index (κ1) is 14.3. The van der Waals surface area contributed by atoms with Crippen molar-refractivity contribution in [2.75, 3.05) is 5.32 Å². The number of benzene rings is 1. The lowest BCUT2D eigenvalue weighted by Crippen LogP contribution is -2.37. The molecule has 0 unspecified atom stereocenters. The van der Waals surface area contributed by atoms with Gasteiger partial charge in [0, 0.05) is 11.6 Å². The first-order valence-electron chi connectivity index (χ1n) is 6.67. The first-order chi connectivity index (χ1) is 9.42. The van der Waals surface area contributed by atoms with Gasteiger partial charge in [0.15, 0.2) is 0 Å². The van der Waals surface area contributed by atoms with E-state index in [1.54, 1.807) is 12.1 Å². The van der Waals surface area contributed by atoms with E-state index in [4.69, 9.17) is 5.11 Å². The van der Waals surface area contributed by atoms with E-state index in [9.17, 15) is 14.9 Å². The number of hydrogen-bond donors (Lipinski definition) is 2. The van der Waals surface area contributed by atoms with Gasteiger partial charge in [-0.2, -0.15) is 0 Å². The molecule has 1 saturated carbocycles. The van der Waals surface area contributed by atoms with E-state index < -0.39 is 16.4 Å². The Morgan fingerprint density at radius 3 is 2.65 bits per heavy atom. The summed E-state index contributed by atoms with van der Waals surface area (Å²) in [6.07, 6.45) is 3.33. The molecule has 0 radical (unpaired) electrons. The second-order valence-corrected chi connectivity index (χ2v) is 5.46. The van der Waals surface area contributed by atoms with Crippen LogP contribution in [0.1, 0.15) is 37.7 Å². The average molecular weight is 278 g/mol. The maximum Gasteiger partial charge on any atom is 0.305 e. The predicted octanol–water partition coefficient (Wildman–Crippen LogP) is 3.10.